The van der Waals surface area contributed by atoms with Gasteiger partial charge in [0.2, 0.25) is 0 Å². The molecule has 1 aliphatic rings. The summed E-state index contributed by atoms with van der Waals surface area (Å²) in [6.07, 6.45) is 24.5. The maximum absolute atomic E-state index is 12.2. The molecule has 1 heteroatoms. The number of rotatable bonds is 0. The molecule has 0 aliphatic heterocycles. The minimum Gasteiger partial charge on any atom is -0.300 e. The van der Waals surface area contributed by atoms with Crippen LogP contribution in [0.25, 0.3) is 0 Å². The van der Waals surface area contributed by atoms with Crippen LogP contribution >= 0.6 is 0 Å². The Morgan fingerprint density at radius 2 is 1.17 bits per heavy atom. The first kappa shape index (κ1) is 20.5. The normalized spacial score (nSPS) is 25.6. The van der Waals surface area contributed by atoms with Crippen molar-refractivity contribution in [3.63, 3.8) is 0 Å². The van der Waals surface area contributed by atoms with Crippen molar-refractivity contribution in [2.24, 2.45) is 5.41 Å². The van der Waals surface area contributed by atoms with Crippen molar-refractivity contribution in [3.8, 4) is 0 Å². The third kappa shape index (κ3) is 12.5. The molecule has 0 aromatic heterocycles. The van der Waals surface area contributed by atoms with Crippen molar-refractivity contribution < 1.29 is 4.79 Å². The molecule has 1 rings (SSSR count). The maximum atomic E-state index is 12.2. The fourth-order valence-corrected chi connectivity index (χ4v) is 3.63. The number of hydrogen-bond donors (Lipinski definition) is 0. The summed E-state index contributed by atoms with van der Waals surface area (Å²) in [5, 5.41) is 0. The maximum Gasteiger partial charge on any atom is 0.133 e. The first-order valence-electron chi connectivity index (χ1n) is 10.3. The van der Waals surface area contributed by atoms with Gasteiger partial charge in [0.05, 0.1) is 0 Å². The molecule has 0 atom stereocenters. The van der Waals surface area contributed by atoms with Gasteiger partial charge in [0.15, 0.2) is 0 Å². The summed E-state index contributed by atoms with van der Waals surface area (Å²) in [4.78, 5) is 12.2. The second-order valence-electron chi connectivity index (χ2n) is 8.32. The lowest BCUT2D eigenvalue weighted by molar-refractivity contribution is -0.121. The zero-order chi connectivity index (χ0) is 16.8. The Morgan fingerprint density at radius 3 is 1.78 bits per heavy atom. The molecule has 1 aliphatic carbocycles. The van der Waals surface area contributed by atoms with Crippen LogP contribution in [0.15, 0.2) is 12.2 Å². The van der Waals surface area contributed by atoms with Gasteiger partial charge in [0.25, 0.3) is 0 Å². The molecule has 0 N–H and O–H groups in total. The summed E-state index contributed by atoms with van der Waals surface area (Å²) < 4.78 is 0. The van der Waals surface area contributed by atoms with Crippen molar-refractivity contribution in [1.82, 2.24) is 0 Å². The van der Waals surface area contributed by atoms with E-state index in [-0.39, 0.29) is 5.41 Å². The fourth-order valence-electron chi connectivity index (χ4n) is 3.63. The molecule has 1 nitrogen and oxygen atoms in total. The highest BCUT2D eigenvalue weighted by Crippen LogP contribution is 2.29. The molecule has 0 bridgehead atoms. The number of hydrogen-bond acceptors (Lipinski definition) is 1. The largest absolute Gasteiger partial charge is 0.300 e. The zero-order valence-electron chi connectivity index (χ0n) is 15.9. The predicted molar refractivity (Wildman–Crippen MR) is 102 cm³/mol. The summed E-state index contributed by atoms with van der Waals surface area (Å²) in [5.41, 5.74) is 0.206. The van der Waals surface area contributed by atoms with Crippen LogP contribution in [-0.4, -0.2) is 5.78 Å². The Bertz CT molecular complexity index is 327. The Balaban J connectivity index is 2.32. The molecule has 0 saturated carbocycles. The van der Waals surface area contributed by atoms with Gasteiger partial charge in [-0.2, -0.15) is 0 Å². The van der Waals surface area contributed by atoms with Crippen molar-refractivity contribution in [2.75, 3.05) is 0 Å². The number of allylic oxidation sites excluding steroid dienone is 2. The predicted octanol–water partition coefficient (Wildman–Crippen LogP) is 7.39. The first-order chi connectivity index (χ1) is 11.1. The van der Waals surface area contributed by atoms with Crippen LogP contribution in [0.2, 0.25) is 0 Å². The number of Topliss-reactive ketones (excluding diaryl/α,β-unsaturated/α-hetero) is 1. The van der Waals surface area contributed by atoms with Gasteiger partial charge >= 0.3 is 0 Å². The molecule has 0 radical (unpaired) electrons. The van der Waals surface area contributed by atoms with E-state index >= 15 is 0 Å². The van der Waals surface area contributed by atoms with Gasteiger partial charge in [0.1, 0.15) is 5.78 Å². The Morgan fingerprint density at radius 1 is 0.696 bits per heavy atom. The lowest BCUT2D eigenvalue weighted by Crippen LogP contribution is -2.17. The van der Waals surface area contributed by atoms with Crippen LogP contribution in [0.1, 0.15) is 117 Å². The van der Waals surface area contributed by atoms with Crippen LogP contribution in [0, 0.1) is 5.41 Å². The monoisotopic (exact) mass is 320 g/mol. The highest BCUT2D eigenvalue weighted by atomic mass is 16.1. The Labute approximate surface area is 145 Å². The number of carbonyl (C=O) groups is 1. The molecule has 0 fully saturated rings. The molecule has 0 saturated heterocycles. The van der Waals surface area contributed by atoms with E-state index < -0.39 is 0 Å². The summed E-state index contributed by atoms with van der Waals surface area (Å²) in [6, 6.07) is 0. The van der Waals surface area contributed by atoms with Crippen LogP contribution in [-0.2, 0) is 4.79 Å². The van der Waals surface area contributed by atoms with Gasteiger partial charge < -0.3 is 0 Å². The SMILES string of the molecule is CC1(C)CCCCCC/C=C/CCCCCCCCCC(=O)C1. The van der Waals surface area contributed by atoms with Crippen LogP contribution < -0.4 is 0 Å². The second-order valence-corrected chi connectivity index (χ2v) is 8.32. The molecule has 134 valence electrons. The van der Waals surface area contributed by atoms with Gasteiger partial charge in [-0.1, -0.05) is 77.4 Å². The van der Waals surface area contributed by atoms with Gasteiger partial charge in [-0.25, -0.2) is 0 Å². The first-order valence-corrected chi connectivity index (χ1v) is 10.3. The highest BCUT2D eigenvalue weighted by Gasteiger charge is 2.21. The highest BCUT2D eigenvalue weighted by molar-refractivity contribution is 5.78. The molecular formula is C22H40O. The van der Waals surface area contributed by atoms with Crippen LogP contribution in [0.5, 0.6) is 0 Å². The molecule has 23 heavy (non-hydrogen) atoms. The van der Waals surface area contributed by atoms with Gasteiger partial charge in [-0.3, -0.25) is 4.79 Å². The molecule has 0 aromatic rings. The lowest BCUT2D eigenvalue weighted by Gasteiger charge is -2.23. The summed E-state index contributed by atoms with van der Waals surface area (Å²) in [5.74, 6) is 0.495. The summed E-state index contributed by atoms with van der Waals surface area (Å²) in [6.45, 7) is 4.55. The smallest absolute Gasteiger partial charge is 0.133 e. The topological polar surface area (TPSA) is 17.1 Å². The Kier molecular flexibility index (Phi) is 11.4. The van der Waals surface area contributed by atoms with E-state index in [1.165, 1.54) is 83.5 Å². The molecule has 0 heterocycles. The van der Waals surface area contributed by atoms with Gasteiger partial charge in [-0.05, 0) is 43.9 Å². The zero-order valence-corrected chi connectivity index (χ0v) is 15.9. The van der Waals surface area contributed by atoms with E-state index in [1.54, 1.807) is 0 Å². The fraction of sp³-hybridized carbons (Fsp3) is 0.864. The van der Waals surface area contributed by atoms with Crippen molar-refractivity contribution in [3.05, 3.63) is 12.2 Å². The lowest BCUT2D eigenvalue weighted by atomic mass is 9.81. The Hall–Kier alpha value is -0.590. The van der Waals surface area contributed by atoms with E-state index in [1.807, 2.05) is 0 Å². The molecule has 0 unspecified atom stereocenters. The van der Waals surface area contributed by atoms with Crippen LogP contribution in [0.3, 0.4) is 0 Å². The van der Waals surface area contributed by atoms with Crippen molar-refractivity contribution in [2.45, 2.75) is 117 Å². The van der Waals surface area contributed by atoms with E-state index in [0.29, 0.717) is 5.78 Å². The van der Waals surface area contributed by atoms with E-state index in [2.05, 4.69) is 26.0 Å². The summed E-state index contributed by atoms with van der Waals surface area (Å²) >= 11 is 0. The van der Waals surface area contributed by atoms with Crippen LogP contribution in [0.4, 0.5) is 0 Å². The van der Waals surface area contributed by atoms with E-state index in [4.69, 9.17) is 0 Å². The van der Waals surface area contributed by atoms with Crippen molar-refractivity contribution >= 4 is 5.78 Å². The van der Waals surface area contributed by atoms with E-state index in [9.17, 15) is 4.79 Å². The average molecular weight is 321 g/mol. The number of ketones is 1. The van der Waals surface area contributed by atoms with E-state index in [0.717, 1.165) is 19.3 Å². The minimum atomic E-state index is 0.206. The van der Waals surface area contributed by atoms with Gasteiger partial charge in [-0.15, -0.1) is 0 Å². The molecule has 0 aromatic carbocycles. The number of carbonyl (C=O) groups excluding carboxylic acids is 1. The van der Waals surface area contributed by atoms with Gasteiger partial charge in [0, 0.05) is 12.8 Å². The summed E-state index contributed by atoms with van der Waals surface area (Å²) in [7, 11) is 0. The minimum absolute atomic E-state index is 0.206. The third-order valence-corrected chi connectivity index (χ3v) is 5.14. The molecule has 0 spiro atoms. The standard InChI is InChI=1S/C22H40O/c1-22(2)19-17-15-13-11-9-7-5-3-4-6-8-10-12-14-16-18-21(23)20-22/h5,7H,3-4,6,8-20H2,1-2H3/b7-5+. The average Bonchev–Trinajstić information content (AvgIpc) is 2.49. The quantitative estimate of drug-likeness (QED) is 0.425. The third-order valence-electron chi connectivity index (χ3n) is 5.14. The second kappa shape index (κ2) is 12.8. The molecular weight excluding hydrogens is 280 g/mol. The molecule has 0 amide bonds. The van der Waals surface area contributed by atoms with Crippen molar-refractivity contribution in [1.29, 1.82) is 0 Å².